The van der Waals surface area contributed by atoms with Crippen molar-refractivity contribution in [2.75, 3.05) is 5.32 Å². The summed E-state index contributed by atoms with van der Waals surface area (Å²) >= 11 is 8.10. The van der Waals surface area contributed by atoms with Crippen molar-refractivity contribution in [3.05, 3.63) is 70.2 Å². The van der Waals surface area contributed by atoms with Crippen molar-refractivity contribution in [3.63, 3.8) is 0 Å². The Kier molecular flexibility index (Phi) is 6.06. The molecular formula is C19H20ClN5S. The first-order valence-corrected chi connectivity index (χ1v) is 9.61. The number of pyridine rings is 2. The van der Waals surface area contributed by atoms with E-state index in [9.17, 15) is 0 Å². The van der Waals surface area contributed by atoms with Crippen molar-refractivity contribution < 1.29 is 0 Å². The molecule has 0 atom stereocenters. The van der Waals surface area contributed by atoms with E-state index in [1.54, 1.807) is 11.8 Å². The standard InChI is InChI=1S/C19H20ClN5S/c1-12-16(10-23-19-18(20)13(2)24-14(3)25-19)22-9-6-17(12)26-11-15-4-7-21-8-5-15/h4-9H,10-11H2,1-3H3,(H,23,24,25). The second kappa shape index (κ2) is 8.47. The molecule has 7 heteroatoms. The first-order valence-electron chi connectivity index (χ1n) is 8.25. The van der Waals surface area contributed by atoms with Crippen molar-refractivity contribution in [2.45, 2.75) is 38.0 Å². The third-order valence-electron chi connectivity index (χ3n) is 3.95. The molecule has 1 N–H and O–H groups in total. The monoisotopic (exact) mass is 385 g/mol. The van der Waals surface area contributed by atoms with Crippen LogP contribution in [0.5, 0.6) is 0 Å². The van der Waals surface area contributed by atoms with Gasteiger partial charge in [0.25, 0.3) is 0 Å². The summed E-state index contributed by atoms with van der Waals surface area (Å²) in [6, 6.07) is 6.12. The van der Waals surface area contributed by atoms with Gasteiger partial charge in [-0.15, -0.1) is 11.8 Å². The van der Waals surface area contributed by atoms with E-state index in [2.05, 4.69) is 38.2 Å². The molecule has 0 aliphatic rings. The van der Waals surface area contributed by atoms with E-state index in [4.69, 9.17) is 11.6 Å². The number of hydrogen-bond donors (Lipinski definition) is 1. The summed E-state index contributed by atoms with van der Waals surface area (Å²) in [6.45, 7) is 6.39. The van der Waals surface area contributed by atoms with Crippen LogP contribution >= 0.6 is 23.4 Å². The average molecular weight is 386 g/mol. The molecule has 0 amide bonds. The van der Waals surface area contributed by atoms with E-state index in [0.29, 0.717) is 23.2 Å². The van der Waals surface area contributed by atoms with E-state index in [1.165, 1.54) is 10.5 Å². The second-order valence-electron chi connectivity index (χ2n) is 5.90. The SMILES string of the molecule is Cc1nc(C)c(Cl)c(NCc2nccc(SCc3ccncc3)c2C)n1. The summed E-state index contributed by atoms with van der Waals surface area (Å²) in [7, 11) is 0. The lowest BCUT2D eigenvalue weighted by molar-refractivity contribution is 0.954. The Bertz CT molecular complexity index is 902. The number of halogens is 1. The van der Waals surface area contributed by atoms with Crippen molar-refractivity contribution in [1.29, 1.82) is 0 Å². The summed E-state index contributed by atoms with van der Waals surface area (Å²) in [4.78, 5) is 18.4. The van der Waals surface area contributed by atoms with Crippen molar-refractivity contribution >= 4 is 29.2 Å². The number of aromatic nitrogens is 4. The third kappa shape index (κ3) is 4.51. The molecule has 0 bridgehead atoms. The van der Waals surface area contributed by atoms with Crippen molar-refractivity contribution in [1.82, 2.24) is 19.9 Å². The molecule has 3 aromatic heterocycles. The molecule has 0 spiro atoms. The molecule has 0 saturated heterocycles. The molecule has 0 aliphatic carbocycles. The fraction of sp³-hybridized carbons (Fsp3) is 0.263. The molecule has 134 valence electrons. The fourth-order valence-electron chi connectivity index (χ4n) is 2.52. The molecule has 3 aromatic rings. The molecule has 0 saturated carbocycles. The van der Waals surface area contributed by atoms with E-state index in [-0.39, 0.29) is 0 Å². The van der Waals surface area contributed by atoms with E-state index < -0.39 is 0 Å². The number of nitrogens with zero attached hydrogens (tertiary/aromatic N) is 4. The minimum atomic E-state index is 0.552. The van der Waals surface area contributed by atoms with Crippen LogP contribution in [0.25, 0.3) is 0 Å². The Balaban J connectivity index is 1.71. The second-order valence-corrected chi connectivity index (χ2v) is 7.29. The first kappa shape index (κ1) is 18.6. The van der Waals surface area contributed by atoms with Gasteiger partial charge in [0.15, 0.2) is 0 Å². The van der Waals surface area contributed by atoms with E-state index in [1.807, 2.05) is 44.6 Å². The smallest absolute Gasteiger partial charge is 0.149 e. The maximum absolute atomic E-state index is 6.30. The Morgan fingerprint density at radius 1 is 1.04 bits per heavy atom. The van der Waals surface area contributed by atoms with Gasteiger partial charge < -0.3 is 5.32 Å². The highest BCUT2D eigenvalue weighted by Crippen LogP contribution is 2.28. The number of hydrogen-bond acceptors (Lipinski definition) is 6. The molecule has 0 radical (unpaired) electrons. The summed E-state index contributed by atoms with van der Waals surface area (Å²) in [5, 5.41) is 3.84. The molecule has 0 fully saturated rings. The Morgan fingerprint density at radius 2 is 1.81 bits per heavy atom. The van der Waals surface area contributed by atoms with Gasteiger partial charge in [-0.25, -0.2) is 9.97 Å². The molecule has 3 rings (SSSR count). The zero-order valence-electron chi connectivity index (χ0n) is 15.0. The lowest BCUT2D eigenvalue weighted by Crippen LogP contribution is -2.08. The van der Waals surface area contributed by atoms with Gasteiger partial charge >= 0.3 is 0 Å². The third-order valence-corrected chi connectivity index (χ3v) is 5.64. The van der Waals surface area contributed by atoms with E-state index in [0.717, 1.165) is 22.7 Å². The van der Waals surface area contributed by atoms with E-state index >= 15 is 0 Å². The zero-order valence-corrected chi connectivity index (χ0v) is 16.5. The maximum Gasteiger partial charge on any atom is 0.149 e. The van der Waals surface area contributed by atoms with Gasteiger partial charge in [-0.2, -0.15) is 0 Å². The number of rotatable bonds is 6. The number of thioether (sulfide) groups is 1. The molecule has 0 aliphatic heterocycles. The summed E-state index contributed by atoms with van der Waals surface area (Å²) in [5.41, 5.74) is 4.17. The lowest BCUT2D eigenvalue weighted by atomic mass is 10.2. The van der Waals surface area contributed by atoms with Crippen LogP contribution in [0.15, 0.2) is 41.7 Å². The minimum Gasteiger partial charge on any atom is -0.363 e. The van der Waals surface area contributed by atoms with Crippen LogP contribution in [-0.4, -0.2) is 19.9 Å². The van der Waals surface area contributed by atoms with Crippen LogP contribution in [0.3, 0.4) is 0 Å². The van der Waals surface area contributed by atoms with Gasteiger partial charge in [-0.1, -0.05) is 11.6 Å². The summed E-state index contributed by atoms with van der Waals surface area (Å²) < 4.78 is 0. The molecular weight excluding hydrogens is 366 g/mol. The Hall–Kier alpha value is -2.18. The average Bonchev–Trinajstić information content (AvgIpc) is 2.64. The Morgan fingerprint density at radius 3 is 2.58 bits per heavy atom. The number of aryl methyl sites for hydroxylation is 2. The Labute approximate surface area is 162 Å². The van der Waals surface area contributed by atoms with Gasteiger partial charge in [-0.05, 0) is 50.1 Å². The van der Waals surface area contributed by atoms with Crippen LogP contribution in [0, 0.1) is 20.8 Å². The zero-order chi connectivity index (χ0) is 18.5. The van der Waals surface area contributed by atoms with Gasteiger partial charge in [-0.3, -0.25) is 9.97 Å². The van der Waals surface area contributed by atoms with Gasteiger partial charge in [0.05, 0.1) is 17.9 Å². The predicted molar refractivity (Wildman–Crippen MR) is 107 cm³/mol. The van der Waals surface area contributed by atoms with Crippen LogP contribution in [0.1, 0.15) is 28.3 Å². The highest BCUT2D eigenvalue weighted by molar-refractivity contribution is 7.98. The van der Waals surface area contributed by atoms with Gasteiger partial charge in [0.2, 0.25) is 0 Å². The lowest BCUT2D eigenvalue weighted by Gasteiger charge is -2.13. The molecule has 26 heavy (non-hydrogen) atoms. The quantitative estimate of drug-likeness (QED) is 0.618. The van der Waals surface area contributed by atoms with Gasteiger partial charge in [0.1, 0.15) is 16.7 Å². The van der Waals surface area contributed by atoms with Gasteiger partial charge in [0, 0.05) is 29.2 Å². The molecule has 5 nitrogen and oxygen atoms in total. The largest absolute Gasteiger partial charge is 0.363 e. The molecule has 0 unspecified atom stereocenters. The minimum absolute atomic E-state index is 0.552. The van der Waals surface area contributed by atoms with Crippen molar-refractivity contribution in [3.8, 4) is 0 Å². The normalized spacial score (nSPS) is 10.8. The van der Waals surface area contributed by atoms with Crippen LogP contribution in [-0.2, 0) is 12.3 Å². The number of nitrogens with one attached hydrogen (secondary N) is 1. The van der Waals surface area contributed by atoms with Crippen LogP contribution in [0.4, 0.5) is 5.82 Å². The van der Waals surface area contributed by atoms with Crippen LogP contribution in [0.2, 0.25) is 5.02 Å². The highest BCUT2D eigenvalue weighted by atomic mass is 35.5. The van der Waals surface area contributed by atoms with Crippen molar-refractivity contribution in [2.24, 2.45) is 0 Å². The summed E-state index contributed by atoms with van der Waals surface area (Å²) in [6.07, 6.45) is 5.48. The molecule has 0 aromatic carbocycles. The fourth-order valence-corrected chi connectivity index (χ4v) is 3.67. The summed E-state index contributed by atoms with van der Waals surface area (Å²) in [5.74, 6) is 2.24. The maximum atomic E-state index is 6.30. The topological polar surface area (TPSA) is 63.6 Å². The molecule has 3 heterocycles. The van der Waals surface area contributed by atoms with Crippen LogP contribution < -0.4 is 5.32 Å². The highest BCUT2D eigenvalue weighted by Gasteiger charge is 2.10. The number of anilines is 1. The predicted octanol–water partition coefficient (Wildman–Crippen LogP) is 4.75. The first-order chi connectivity index (χ1) is 12.5.